The third-order valence-electron chi connectivity index (χ3n) is 2.25. The molecule has 0 aromatic rings. The van der Waals surface area contributed by atoms with Crippen molar-refractivity contribution in [2.45, 2.75) is 32.0 Å². The maximum absolute atomic E-state index is 10.5. The Morgan fingerprint density at radius 2 is 1.89 bits per heavy atom. The number of methoxy groups -OCH3 is 2. The molecule has 0 aromatic carbocycles. The summed E-state index contributed by atoms with van der Waals surface area (Å²) < 4.78 is 24.6. The molecule has 0 saturated heterocycles. The molecule has 0 rings (SSSR count). The maximum Gasteiger partial charge on any atom is 0.469 e. The number of carbonyl (C=O) groups excluding carboxylic acids is 1. The number of phosphoric acid groups is 1. The van der Waals surface area contributed by atoms with E-state index >= 15 is 0 Å². The standard InChI is InChI=1S/C10H19O7P/c1-15-10(16-2)6-4-3-5-9(7-11)8-17-18(12,13)14/h10H,3-6,8H2,1-2H3,(H2,12,13,14). The van der Waals surface area contributed by atoms with E-state index in [1.165, 1.54) is 0 Å². The topological polar surface area (TPSA) is 102 Å². The van der Waals surface area contributed by atoms with Gasteiger partial charge in [-0.2, -0.15) is 0 Å². The molecule has 18 heavy (non-hydrogen) atoms. The summed E-state index contributed by atoms with van der Waals surface area (Å²) in [4.78, 5) is 27.5. The molecule has 0 aromatic heterocycles. The second-order valence-corrected chi connectivity index (χ2v) is 4.86. The largest absolute Gasteiger partial charge is 0.469 e. The van der Waals surface area contributed by atoms with Crippen LogP contribution >= 0.6 is 7.82 Å². The summed E-state index contributed by atoms with van der Waals surface area (Å²) in [6.07, 6.45) is 2.20. The molecule has 0 aliphatic rings. The molecule has 0 bridgehead atoms. The van der Waals surface area contributed by atoms with Crippen LogP contribution in [0.2, 0.25) is 0 Å². The monoisotopic (exact) mass is 282 g/mol. The summed E-state index contributed by atoms with van der Waals surface area (Å²) >= 11 is 0. The third kappa shape index (κ3) is 9.50. The van der Waals surface area contributed by atoms with Gasteiger partial charge in [-0.05, 0) is 25.7 Å². The highest BCUT2D eigenvalue weighted by atomic mass is 31.2. The van der Waals surface area contributed by atoms with Crippen molar-refractivity contribution in [3.05, 3.63) is 5.57 Å². The molecular weight excluding hydrogens is 263 g/mol. The first-order valence-corrected chi connectivity index (χ1v) is 6.94. The maximum atomic E-state index is 10.5. The minimum absolute atomic E-state index is 0.199. The molecular formula is C10H19O7P. The van der Waals surface area contributed by atoms with Gasteiger partial charge in [-0.25, -0.2) is 9.36 Å². The first-order valence-electron chi connectivity index (χ1n) is 5.41. The molecule has 0 saturated carbocycles. The van der Waals surface area contributed by atoms with E-state index in [1.54, 1.807) is 20.2 Å². The van der Waals surface area contributed by atoms with E-state index in [-0.39, 0.29) is 11.9 Å². The SMILES string of the molecule is COC(CCCCC(=C=O)COP(=O)(O)O)OC. The lowest BCUT2D eigenvalue weighted by atomic mass is 10.1. The summed E-state index contributed by atoms with van der Waals surface area (Å²) in [7, 11) is -1.46. The van der Waals surface area contributed by atoms with Crippen LogP contribution in [0.4, 0.5) is 0 Å². The third-order valence-corrected chi connectivity index (χ3v) is 2.71. The molecule has 106 valence electrons. The molecule has 2 N–H and O–H groups in total. The highest BCUT2D eigenvalue weighted by molar-refractivity contribution is 7.46. The molecule has 0 aliphatic carbocycles. The van der Waals surface area contributed by atoms with E-state index in [4.69, 9.17) is 19.3 Å². The summed E-state index contributed by atoms with van der Waals surface area (Å²) in [5.41, 5.74) is 0.199. The number of hydrogen-bond acceptors (Lipinski definition) is 5. The minimum atomic E-state index is -4.54. The van der Waals surface area contributed by atoms with Crippen LogP contribution in [-0.4, -0.2) is 42.8 Å². The fourth-order valence-electron chi connectivity index (χ4n) is 1.30. The van der Waals surface area contributed by atoms with Crippen LogP contribution in [0, 0.1) is 0 Å². The lowest BCUT2D eigenvalue weighted by Gasteiger charge is -2.12. The first-order chi connectivity index (χ1) is 8.42. The van der Waals surface area contributed by atoms with Gasteiger partial charge in [-0.3, -0.25) is 4.52 Å². The zero-order valence-electron chi connectivity index (χ0n) is 10.5. The summed E-state index contributed by atoms with van der Waals surface area (Å²) in [6.45, 7) is -0.397. The Bertz CT molecular complexity index is 314. The van der Waals surface area contributed by atoms with Gasteiger partial charge in [0.15, 0.2) is 6.29 Å². The zero-order chi connectivity index (χ0) is 14.0. The van der Waals surface area contributed by atoms with Crippen LogP contribution in [0.3, 0.4) is 0 Å². The minimum Gasteiger partial charge on any atom is -0.356 e. The van der Waals surface area contributed by atoms with E-state index in [2.05, 4.69) is 4.52 Å². The normalized spacial score (nSPS) is 11.6. The van der Waals surface area contributed by atoms with Crippen LogP contribution in [-0.2, 0) is 23.4 Å². The van der Waals surface area contributed by atoms with Gasteiger partial charge in [0, 0.05) is 19.8 Å². The number of hydrogen-bond donors (Lipinski definition) is 2. The molecule has 0 unspecified atom stereocenters. The highest BCUT2D eigenvalue weighted by Crippen LogP contribution is 2.36. The van der Waals surface area contributed by atoms with Crippen LogP contribution in [0.15, 0.2) is 5.57 Å². The number of phosphoric ester groups is 1. The Morgan fingerprint density at radius 1 is 1.28 bits per heavy atom. The van der Waals surface area contributed by atoms with Crippen molar-refractivity contribution in [1.29, 1.82) is 0 Å². The highest BCUT2D eigenvalue weighted by Gasteiger charge is 2.15. The Labute approximate surface area is 106 Å². The lowest BCUT2D eigenvalue weighted by molar-refractivity contribution is -0.107. The lowest BCUT2D eigenvalue weighted by Crippen LogP contribution is -2.12. The van der Waals surface area contributed by atoms with Gasteiger partial charge in [0.25, 0.3) is 0 Å². The first kappa shape index (κ1) is 17.5. The van der Waals surface area contributed by atoms with Gasteiger partial charge >= 0.3 is 7.82 Å². The van der Waals surface area contributed by atoms with Crippen LogP contribution in [0.5, 0.6) is 0 Å². The summed E-state index contributed by atoms with van der Waals surface area (Å²) in [6, 6.07) is 0. The second kappa shape index (κ2) is 9.42. The summed E-state index contributed by atoms with van der Waals surface area (Å²) in [5.74, 6) is 1.63. The number of rotatable bonds is 10. The van der Waals surface area contributed by atoms with Gasteiger partial charge in [0.2, 0.25) is 0 Å². The Kier molecular flexibility index (Phi) is 9.14. The average Bonchev–Trinajstić information content (AvgIpc) is 2.32. The average molecular weight is 282 g/mol. The zero-order valence-corrected chi connectivity index (χ0v) is 11.4. The predicted octanol–water partition coefficient (Wildman–Crippen LogP) is 1.03. The van der Waals surface area contributed by atoms with E-state index in [0.29, 0.717) is 19.3 Å². The molecule has 0 atom stereocenters. The smallest absolute Gasteiger partial charge is 0.356 e. The van der Waals surface area contributed by atoms with Gasteiger partial charge in [-0.1, -0.05) is 0 Å². The van der Waals surface area contributed by atoms with E-state index in [0.717, 1.165) is 6.42 Å². The van der Waals surface area contributed by atoms with Crippen molar-refractivity contribution >= 4 is 13.8 Å². The fraction of sp³-hybridized carbons (Fsp3) is 0.800. The molecule has 0 radical (unpaired) electrons. The van der Waals surface area contributed by atoms with Crippen LogP contribution in [0.25, 0.3) is 0 Å². The van der Waals surface area contributed by atoms with Crippen LogP contribution in [0.1, 0.15) is 25.7 Å². The molecule has 7 nitrogen and oxygen atoms in total. The van der Waals surface area contributed by atoms with Crippen molar-refractivity contribution in [2.24, 2.45) is 0 Å². The Hall–Kier alpha value is -0.520. The van der Waals surface area contributed by atoms with Crippen LogP contribution < -0.4 is 0 Å². The van der Waals surface area contributed by atoms with E-state index in [1.807, 2.05) is 0 Å². The second-order valence-electron chi connectivity index (χ2n) is 3.62. The number of unbranched alkanes of at least 4 members (excludes halogenated alkanes) is 1. The Balaban J connectivity index is 3.83. The predicted molar refractivity (Wildman–Crippen MR) is 63.5 cm³/mol. The summed E-state index contributed by atoms with van der Waals surface area (Å²) in [5, 5.41) is 0. The van der Waals surface area contributed by atoms with Crippen molar-refractivity contribution in [3.63, 3.8) is 0 Å². The van der Waals surface area contributed by atoms with E-state index in [9.17, 15) is 9.36 Å². The van der Waals surface area contributed by atoms with Gasteiger partial charge in [0.1, 0.15) is 5.94 Å². The van der Waals surface area contributed by atoms with Crippen molar-refractivity contribution in [1.82, 2.24) is 0 Å². The Morgan fingerprint density at radius 3 is 2.33 bits per heavy atom. The van der Waals surface area contributed by atoms with Gasteiger partial charge in [0.05, 0.1) is 6.61 Å². The van der Waals surface area contributed by atoms with Gasteiger partial charge in [-0.15, -0.1) is 0 Å². The van der Waals surface area contributed by atoms with Gasteiger partial charge < -0.3 is 19.3 Å². The molecule has 0 spiro atoms. The van der Waals surface area contributed by atoms with Crippen molar-refractivity contribution in [2.75, 3.05) is 20.8 Å². The quantitative estimate of drug-likeness (QED) is 0.267. The van der Waals surface area contributed by atoms with Crippen molar-refractivity contribution < 1.29 is 33.1 Å². The molecule has 0 amide bonds. The molecule has 0 fully saturated rings. The molecule has 0 aliphatic heterocycles. The molecule has 0 heterocycles. The fourth-order valence-corrected chi connectivity index (χ4v) is 1.62. The molecule has 8 heteroatoms. The van der Waals surface area contributed by atoms with Crippen molar-refractivity contribution in [3.8, 4) is 0 Å². The van der Waals surface area contributed by atoms with E-state index < -0.39 is 14.4 Å². The number of ether oxygens (including phenoxy) is 2.